The maximum atomic E-state index is 13.0. The third-order valence-electron chi connectivity index (χ3n) is 6.14. The first-order valence-electron chi connectivity index (χ1n) is 10.2. The predicted molar refractivity (Wildman–Crippen MR) is 114 cm³/mol. The number of nitrogens with zero attached hydrogens (tertiary/aromatic N) is 2. The maximum absolute atomic E-state index is 13.0. The summed E-state index contributed by atoms with van der Waals surface area (Å²) in [4.78, 5) is 18.8. The van der Waals surface area contributed by atoms with Crippen LogP contribution in [0.4, 0.5) is 4.79 Å². The van der Waals surface area contributed by atoms with Crippen LogP contribution in [0.3, 0.4) is 0 Å². The number of benzene rings is 1. The number of hydrogen-bond donors (Lipinski definition) is 2. The summed E-state index contributed by atoms with van der Waals surface area (Å²) in [7, 11) is 2.20. The van der Waals surface area contributed by atoms with E-state index in [2.05, 4.69) is 46.9 Å². The summed E-state index contributed by atoms with van der Waals surface area (Å²) < 4.78 is 0. The normalized spacial score (nSPS) is 28.4. The van der Waals surface area contributed by atoms with Gasteiger partial charge in [-0.15, -0.1) is 11.3 Å². The SMILES string of the molecule is CN1CCCC(CNC(=O)N2C[C@@H](N)C[C@H]2c2ccccc2)C1c1cccs1. The molecule has 28 heavy (non-hydrogen) atoms. The van der Waals surface area contributed by atoms with Crippen LogP contribution in [0.1, 0.15) is 41.8 Å². The number of hydrogen-bond acceptors (Lipinski definition) is 4. The Bertz CT molecular complexity index is 766. The summed E-state index contributed by atoms with van der Waals surface area (Å²) in [5.41, 5.74) is 7.37. The van der Waals surface area contributed by atoms with Crippen molar-refractivity contribution in [2.45, 2.75) is 37.4 Å². The standard InChI is InChI=1S/C22H30N4OS/c1-25-11-5-9-17(21(25)20-10-6-12-28-20)14-24-22(27)26-15-18(23)13-19(26)16-7-3-2-4-8-16/h2-4,6-8,10,12,17-19,21H,5,9,11,13-15,23H2,1H3,(H,24,27)/t17?,18-,19-,21?/m0/s1. The Morgan fingerprint density at radius 3 is 2.82 bits per heavy atom. The Hall–Kier alpha value is -1.89. The lowest BCUT2D eigenvalue weighted by atomic mass is 9.88. The Kier molecular flexibility index (Phi) is 5.99. The lowest BCUT2D eigenvalue weighted by molar-refractivity contribution is 0.120. The van der Waals surface area contributed by atoms with Crippen molar-refractivity contribution in [3.8, 4) is 0 Å². The number of piperidine rings is 1. The Labute approximate surface area is 171 Å². The van der Waals surface area contributed by atoms with E-state index in [1.807, 2.05) is 34.4 Å². The van der Waals surface area contributed by atoms with Gasteiger partial charge in [-0.25, -0.2) is 4.79 Å². The van der Waals surface area contributed by atoms with Gasteiger partial charge in [0.2, 0.25) is 0 Å². The molecular weight excluding hydrogens is 368 g/mol. The summed E-state index contributed by atoms with van der Waals surface area (Å²) in [6.45, 7) is 2.44. The summed E-state index contributed by atoms with van der Waals surface area (Å²) in [5.74, 6) is 0.438. The molecule has 0 radical (unpaired) electrons. The molecule has 2 fully saturated rings. The van der Waals surface area contributed by atoms with Crippen LogP contribution in [0.15, 0.2) is 47.8 Å². The molecule has 2 amide bonds. The van der Waals surface area contributed by atoms with E-state index in [-0.39, 0.29) is 18.1 Å². The Balaban J connectivity index is 1.43. The second kappa shape index (κ2) is 8.64. The molecule has 150 valence electrons. The highest BCUT2D eigenvalue weighted by molar-refractivity contribution is 7.10. The molecule has 2 aromatic rings. The molecule has 2 saturated heterocycles. The van der Waals surface area contributed by atoms with Gasteiger partial charge in [-0.05, 0) is 55.8 Å². The van der Waals surface area contributed by atoms with Crippen molar-refractivity contribution in [1.82, 2.24) is 15.1 Å². The first kappa shape index (κ1) is 19.4. The van der Waals surface area contributed by atoms with Crippen molar-refractivity contribution in [2.75, 3.05) is 26.7 Å². The first-order chi connectivity index (χ1) is 13.6. The number of rotatable bonds is 4. The van der Waals surface area contributed by atoms with Gasteiger partial charge in [-0.1, -0.05) is 36.4 Å². The molecule has 3 N–H and O–H groups in total. The second-order valence-electron chi connectivity index (χ2n) is 8.10. The van der Waals surface area contributed by atoms with Crippen LogP contribution in [-0.4, -0.2) is 48.6 Å². The maximum Gasteiger partial charge on any atom is 0.317 e. The highest BCUT2D eigenvalue weighted by atomic mass is 32.1. The lowest BCUT2D eigenvalue weighted by Crippen LogP contribution is -2.46. The molecule has 4 atom stereocenters. The van der Waals surface area contributed by atoms with Crippen LogP contribution < -0.4 is 11.1 Å². The zero-order chi connectivity index (χ0) is 19.5. The van der Waals surface area contributed by atoms with Crippen LogP contribution in [0.5, 0.6) is 0 Å². The van der Waals surface area contributed by atoms with Gasteiger partial charge in [0.15, 0.2) is 0 Å². The highest BCUT2D eigenvalue weighted by Crippen LogP contribution is 2.37. The van der Waals surface area contributed by atoms with Crippen LogP contribution in [-0.2, 0) is 0 Å². The van der Waals surface area contributed by atoms with E-state index >= 15 is 0 Å². The van der Waals surface area contributed by atoms with Gasteiger partial charge < -0.3 is 16.0 Å². The number of carbonyl (C=O) groups is 1. The van der Waals surface area contributed by atoms with Crippen molar-refractivity contribution in [2.24, 2.45) is 11.7 Å². The predicted octanol–water partition coefficient (Wildman–Crippen LogP) is 3.61. The molecule has 2 unspecified atom stereocenters. The topological polar surface area (TPSA) is 61.6 Å². The molecule has 0 aliphatic carbocycles. The van der Waals surface area contributed by atoms with E-state index in [0.717, 1.165) is 19.4 Å². The molecule has 0 saturated carbocycles. The van der Waals surface area contributed by atoms with Gasteiger partial charge >= 0.3 is 6.03 Å². The van der Waals surface area contributed by atoms with Gasteiger partial charge in [0.25, 0.3) is 0 Å². The lowest BCUT2D eigenvalue weighted by Gasteiger charge is -2.39. The molecular formula is C22H30N4OS. The summed E-state index contributed by atoms with van der Waals surface area (Å²) in [6.07, 6.45) is 3.15. The Morgan fingerprint density at radius 1 is 1.25 bits per heavy atom. The fourth-order valence-corrected chi connectivity index (χ4v) is 5.77. The van der Waals surface area contributed by atoms with E-state index in [1.54, 1.807) is 0 Å². The zero-order valence-electron chi connectivity index (χ0n) is 16.5. The smallest absolute Gasteiger partial charge is 0.317 e. The highest BCUT2D eigenvalue weighted by Gasteiger charge is 2.36. The first-order valence-corrected chi connectivity index (χ1v) is 11.1. The van der Waals surface area contributed by atoms with E-state index in [0.29, 0.717) is 25.0 Å². The quantitative estimate of drug-likeness (QED) is 0.827. The van der Waals surface area contributed by atoms with Crippen LogP contribution in [0.25, 0.3) is 0 Å². The van der Waals surface area contributed by atoms with E-state index in [9.17, 15) is 4.79 Å². The van der Waals surface area contributed by atoms with Crippen LogP contribution in [0, 0.1) is 5.92 Å². The third-order valence-corrected chi connectivity index (χ3v) is 7.08. The number of carbonyl (C=O) groups excluding carboxylic acids is 1. The molecule has 2 aliphatic heterocycles. The van der Waals surface area contributed by atoms with Gasteiger partial charge in [-0.3, -0.25) is 4.90 Å². The number of urea groups is 1. The fraction of sp³-hybridized carbons (Fsp3) is 0.500. The van der Waals surface area contributed by atoms with Gasteiger partial charge in [0.1, 0.15) is 0 Å². The van der Waals surface area contributed by atoms with E-state index in [1.165, 1.54) is 16.9 Å². The van der Waals surface area contributed by atoms with Crippen LogP contribution >= 0.6 is 11.3 Å². The number of nitrogens with two attached hydrogens (primary N) is 1. The zero-order valence-corrected chi connectivity index (χ0v) is 17.3. The van der Waals surface area contributed by atoms with Crippen LogP contribution in [0.2, 0.25) is 0 Å². The molecule has 3 heterocycles. The molecule has 6 heteroatoms. The monoisotopic (exact) mass is 398 g/mol. The van der Waals surface area contributed by atoms with Crippen molar-refractivity contribution in [1.29, 1.82) is 0 Å². The Morgan fingerprint density at radius 2 is 2.07 bits per heavy atom. The minimum Gasteiger partial charge on any atom is -0.338 e. The fourth-order valence-electron chi connectivity index (χ4n) is 4.79. The van der Waals surface area contributed by atoms with E-state index < -0.39 is 0 Å². The van der Waals surface area contributed by atoms with Crippen molar-refractivity contribution >= 4 is 17.4 Å². The molecule has 5 nitrogen and oxygen atoms in total. The van der Waals surface area contributed by atoms with Gasteiger partial charge in [-0.2, -0.15) is 0 Å². The minimum atomic E-state index is 0.0139. The number of likely N-dealkylation sites (tertiary alicyclic amines) is 2. The molecule has 2 aliphatic rings. The van der Waals surface area contributed by atoms with Crippen molar-refractivity contribution in [3.05, 3.63) is 58.3 Å². The third kappa shape index (κ3) is 4.09. The average Bonchev–Trinajstić information content (AvgIpc) is 3.36. The summed E-state index contributed by atoms with van der Waals surface area (Å²) in [5, 5.41) is 5.38. The number of nitrogens with one attached hydrogen (secondary N) is 1. The van der Waals surface area contributed by atoms with E-state index in [4.69, 9.17) is 5.73 Å². The number of amides is 2. The number of thiophene rings is 1. The molecule has 0 spiro atoms. The molecule has 4 rings (SSSR count). The molecule has 1 aromatic carbocycles. The largest absolute Gasteiger partial charge is 0.338 e. The molecule has 1 aromatic heterocycles. The van der Waals surface area contributed by atoms with Crippen molar-refractivity contribution < 1.29 is 4.79 Å². The minimum absolute atomic E-state index is 0.0139. The van der Waals surface area contributed by atoms with Gasteiger partial charge in [0.05, 0.1) is 6.04 Å². The van der Waals surface area contributed by atoms with Crippen molar-refractivity contribution in [3.63, 3.8) is 0 Å². The molecule has 0 bridgehead atoms. The summed E-state index contributed by atoms with van der Waals surface area (Å²) >= 11 is 1.81. The summed E-state index contributed by atoms with van der Waals surface area (Å²) in [6, 6.07) is 15.1. The van der Waals surface area contributed by atoms with Gasteiger partial charge in [0, 0.05) is 30.1 Å². The average molecular weight is 399 g/mol. The second-order valence-corrected chi connectivity index (χ2v) is 9.08.